The maximum Gasteiger partial charge on any atom is 0.458 e. The number of rotatable bonds is 3. The van der Waals surface area contributed by atoms with Crippen LogP contribution in [0.25, 0.3) is 0 Å². The van der Waals surface area contributed by atoms with Crippen LogP contribution in [0.5, 0.6) is 0 Å². The van der Waals surface area contributed by atoms with Gasteiger partial charge in [-0.2, -0.15) is 0 Å². The van der Waals surface area contributed by atoms with Crippen LogP contribution >= 0.6 is 0 Å². The minimum atomic E-state index is -0.251. The minimum Gasteiger partial charge on any atom is -0.403 e. The minimum absolute atomic E-state index is 0.0963. The van der Waals surface area contributed by atoms with E-state index in [9.17, 15) is 4.79 Å². The third-order valence-corrected chi connectivity index (χ3v) is 8.45. The molecule has 0 radical (unpaired) electrons. The zero-order valence-electron chi connectivity index (χ0n) is 18.8. The molecule has 1 amide bonds. The highest BCUT2D eigenvalue weighted by Gasteiger charge is 2.55. The van der Waals surface area contributed by atoms with Crippen molar-refractivity contribution in [3.05, 3.63) is 23.8 Å². The van der Waals surface area contributed by atoms with Gasteiger partial charge in [0.15, 0.2) is 0 Å². The normalized spacial score (nSPS) is 34.1. The van der Waals surface area contributed by atoms with E-state index in [2.05, 4.69) is 42.6 Å². The third-order valence-electron chi connectivity index (χ3n) is 8.45. The maximum absolute atomic E-state index is 13.2. The molecule has 3 heterocycles. The second-order valence-electron chi connectivity index (χ2n) is 11.1. The second-order valence-corrected chi connectivity index (χ2v) is 11.1. The topological polar surface area (TPSA) is 64.5 Å². The van der Waals surface area contributed by atoms with Crippen LogP contribution in [0.3, 0.4) is 0 Å². The van der Waals surface area contributed by atoms with Crippen molar-refractivity contribution < 1.29 is 14.1 Å². The lowest BCUT2D eigenvalue weighted by molar-refractivity contribution is -0.135. The molecule has 0 bridgehead atoms. The van der Waals surface area contributed by atoms with Gasteiger partial charge in [0.1, 0.15) is 6.33 Å². The van der Waals surface area contributed by atoms with Gasteiger partial charge in [0.25, 0.3) is 0 Å². The van der Waals surface area contributed by atoms with E-state index >= 15 is 0 Å². The Morgan fingerprint density at radius 1 is 1.23 bits per heavy atom. The molecule has 7 heteroatoms. The van der Waals surface area contributed by atoms with Crippen molar-refractivity contribution in [3.63, 3.8) is 0 Å². The predicted molar refractivity (Wildman–Crippen MR) is 115 cm³/mol. The van der Waals surface area contributed by atoms with Gasteiger partial charge in [-0.25, -0.2) is 9.97 Å². The van der Waals surface area contributed by atoms with E-state index in [-0.39, 0.29) is 24.2 Å². The fourth-order valence-electron chi connectivity index (χ4n) is 6.05. The van der Waals surface area contributed by atoms with E-state index in [0.717, 1.165) is 56.4 Å². The number of likely N-dealkylation sites (tertiary alicyclic amines) is 1. The highest BCUT2D eigenvalue weighted by Crippen LogP contribution is 2.54. The van der Waals surface area contributed by atoms with Crippen LogP contribution in [0.4, 0.5) is 0 Å². The molecular formula is C23H34BN3O3. The van der Waals surface area contributed by atoms with Crippen LogP contribution in [0, 0.1) is 17.3 Å². The van der Waals surface area contributed by atoms with Crippen molar-refractivity contribution >= 4 is 13.0 Å². The third kappa shape index (κ3) is 3.48. The summed E-state index contributed by atoms with van der Waals surface area (Å²) in [6, 6.07) is 0. The van der Waals surface area contributed by atoms with E-state index < -0.39 is 0 Å². The zero-order valence-corrected chi connectivity index (χ0v) is 18.8. The molecule has 1 aromatic rings. The molecular weight excluding hydrogens is 377 g/mol. The molecule has 30 heavy (non-hydrogen) atoms. The van der Waals surface area contributed by atoms with Gasteiger partial charge in [-0.1, -0.05) is 0 Å². The Labute approximate surface area is 180 Å². The Morgan fingerprint density at radius 2 is 1.97 bits per heavy atom. The monoisotopic (exact) mass is 411 g/mol. The van der Waals surface area contributed by atoms with Crippen molar-refractivity contribution in [2.24, 2.45) is 17.3 Å². The summed E-state index contributed by atoms with van der Waals surface area (Å²) in [5.41, 5.74) is 2.11. The Hall–Kier alpha value is -1.47. The molecule has 4 aliphatic rings. The molecule has 2 aliphatic carbocycles. The van der Waals surface area contributed by atoms with Gasteiger partial charge in [-0.3, -0.25) is 4.79 Å². The first-order valence-electron chi connectivity index (χ1n) is 11.6. The van der Waals surface area contributed by atoms with Crippen LogP contribution in [-0.4, -0.2) is 52.2 Å². The van der Waals surface area contributed by atoms with Crippen LogP contribution in [0.15, 0.2) is 12.5 Å². The molecule has 1 saturated carbocycles. The summed E-state index contributed by atoms with van der Waals surface area (Å²) in [4.78, 5) is 23.8. The quantitative estimate of drug-likeness (QED) is 0.715. The molecule has 2 aliphatic heterocycles. The average Bonchev–Trinajstić information content (AvgIpc) is 3.19. The molecule has 1 atom stereocenters. The summed E-state index contributed by atoms with van der Waals surface area (Å²) in [6.07, 6.45) is 10.6. The lowest BCUT2D eigenvalue weighted by Crippen LogP contribution is -2.44. The van der Waals surface area contributed by atoms with Crippen molar-refractivity contribution in [2.45, 2.75) is 83.7 Å². The first-order chi connectivity index (χ1) is 14.2. The number of fused-ring (bicyclic) bond motifs is 1. The van der Waals surface area contributed by atoms with Crippen LogP contribution in [0.2, 0.25) is 6.32 Å². The second kappa shape index (κ2) is 7.02. The summed E-state index contributed by atoms with van der Waals surface area (Å²) >= 11 is 0. The molecule has 5 rings (SSSR count). The Balaban J connectivity index is 1.13. The molecule has 162 valence electrons. The summed E-state index contributed by atoms with van der Waals surface area (Å²) in [5.74, 6) is 1.09. The van der Waals surface area contributed by atoms with Gasteiger partial charge in [0.05, 0.1) is 11.2 Å². The standard InChI is InChI=1S/C23H34BN3O3/c1-21(2)22(3,4)30-24(29-21)12-16-10-23(11-16)7-8-27(14-23)20(28)17-5-6-19-18(9-17)13-25-15-26-19/h13,15-17H,5-12,14H2,1-4H3. The highest BCUT2D eigenvalue weighted by atomic mass is 16.7. The molecule has 0 N–H and O–H groups in total. The smallest absolute Gasteiger partial charge is 0.403 e. The molecule has 1 unspecified atom stereocenters. The first-order valence-corrected chi connectivity index (χ1v) is 11.6. The van der Waals surface area contributed by atoms with E-state index in [1.165, 1.54) is 12.8 Å². The van der Waals surface area contributed by atoms with E-state index in [4.69, 9.17) is 9.31 Å². The number of carbonyl (C=O) groups excluding carboxylic acids is 1. The summed E-state index contributed by atoms with van der Waals surface area (Å²) in [6.45, 7) is 10.3. The van der Waals surface area contributed by atoms with Crippen molar-refractivity contribution in [3.8, 4) is 0 Å². The highest BCUT2D eigenvalue weighted by molar-refractivity contribution is 6.45. The lowest BCUT2D eigenvalue weighted by atomic mass is 9.56. The van der Waals surface area contributed by atoms with Gasteiger partial charge in [-0.05, 0) is 89.4 Å². The fourth-order valence-corrected chi connectivity index (χ4v) is 6.05. The summed E-state index contributed by atoms with van der Waals surface area (Å²) in [5, 5.41) is 0. The first kappa shape index (κ1) is 20.4. The SMILES string of the molecule is CC1(C)OB(CC2CC3(CCN(C(=O)C4CCc5ncncc5C4)C3)C2)OC1(C)C. The summed E-state index contributed by atoms with van der Waals surface area (Å²) < 4.78 is 12.4. The maximum atomic E-state index is 13.2. The number of aryl methyl sites for hydroxylation is 1. The number of carbonyl (C=O) groups is 1. The van der Waals surface area contributed by atoms with E-state index in [1.807, 2.05) is 6.20 Å². The van der Waals surface area contributed by atoms with E-state index in [0.29, 0.717) is 17.2 Å². The molecule has 0 aromatic carbocycles. The molecule has 3 fully saturated rings. The van der Waals surface area contributed by atoms with Gasteiger partial charge >= 0.3 is 7.12 Å². The van der Waals surface area contributed by atoms with Crippen LogP contribution < -0.4 is 0 Å². The number of hydrogen-bond donors (Lipinski definition) is 0. The van der Waals surface area contributed by atoms with Gasteiger partial charge in [0, 0.05) is 30.9 Å². The number of aromatic nitrogens is 2. The largest absolute Gasteiger partial charge is 0.458 e. The molecule has 1 spiro atoms. The molecule has 2 saturated heterocycles. The van der Waals surface area contributed by atoms with Crippen LogP contribution in [0.1, 0.15) is 64.6 Å². The number of nitrogens with zero attached hydrogens (tertiary/aromatic N) is 3. The predicted octanol–water partition coefficient (Wildman–Crippen LogP) is 3.30. The zero-order chi connectivity index (χ0) is 21.1. The fraction of sp³-hybridized carbons (Fsp3) is 0.783. The molecule has 6 nitrogen and oxygen atoms in total. The van der Waals surface area contributed by atoms with Crippen LogP contribution in [-0.2, 0) is 26.9 Å². The lowest BCUT2D eigenvalue weighted by Gasteiger charge is -2.45. The van der Waals surface area contributed by atoms with Gasteiger partial charge in [0.2, 0.25) is 5.91 Å². The summed E-state index contributed by atoms with van der Waals surface area (Å²) in [7, 11) is -0.0963. The Kier molecular flexibility index (Phi) is 4.79. The number of amides is 1. The molecule has 1 aromatic heterocycles. The Morgan fingerprint density at radius 3 is 2.70 bits per heavy atom. The Bertz CT molecular complexity index is 821. The number of hydrogen-bond acceptors (Lipinski definition) is 5. The van der Waals surface area contributed by atoms with Gasteiger partial charge < -0.3 is 14.2 Å². The average molecular weight is 411 g/mol. The van der Waals surface area contributed by atoms with Crippen molar-refractivity contribution in [1.29, 1.82) is 0 Å². The van der Waals surface area contributed by atoms with Gasteiger partial charge in [-0.15, -0.1) is 0 Å². The van der Waals surface area contributed by atoms with E-state index in [1.54, 1.807) is 6.33 Å². The van der Waals surface area contributed by atoms with Crippen molar-refractivity contribution in [1.82, 2.24) is 14.9 Å². The van der Waals surface area contributed by atoms with Crippen molar-refractivity contribution in [2.75, 3.05) is 13.1 Å².